The molecule has 0 saturated carbocycles. The Morgan fingerprint density at radius 2 is 2.33 bits per heavy atom. The normalized spacial score (nSPS) is 18.9. The van der Waals surface area contributed by atoms with Crippen LogP contribution in [0.25, 0.3) is 6.08 Å². The van der Waals surface area contributed by atoms with Crippen molar-refractivity contribution < 1.29 is 18.7 Å². The van der Waals surface area contributed by atoms with Crippen molar-refractivity contribution in [2.24, 2.45) is 0 Å². The van der Waals surface area contributed by atoms with E-state index in [2.05, 4.69) is 5.32 Å². The molecule has 2 rings (SSSR count). The molecule has 94 valence electrons. The Morgan fingerprint density at radius 3 is 3.00 bits per heavy atom. The summed E-state index contributed by atoms with van der Waals surface area (Å²) in [7, 11) is 0. The highest BCUT2D eigenvalue weighted by Gasteiger charge is 2.27. The van der Waals surface area contributed by atoms with E-state index in [1.165, 1.54) is 24.3 Å². The molecule has 1 aliphatic heterocycles. The molecule has 1 atom stereocenters. The second-order valence-corrected chi connectivity index (χ2v) is 3.91. The minimum atomic E-state index is -0.574. The van der Waals surface area contributed by atoms with Crippen LogP contribution in [-0.4, -0.2) is 24.5 Å². The summed E-state index contributed by atoms with van der Waals surface area (Å²) >= 11 is 0. The number of hydrogen-bond donors (Lipinski definition) is 1. The molecule has 1 aromatic carbocycles. The Balaban J connectivity index is 1.93. The summed E-state index contributed by atoms with van der Waals surface area (Å²) in [4.78, 5) is 22.6. The lowest BCUT2D eigenvalue weighted by Crippen LogP contribution is -2.36. The van der Waals surface area contributed by atoms with Crippen molar-refractivity contribution in [1.82, 2.24) is 5.32 Å². The van der Waals surface area contributed by atoms with Gasteiger partial charge >= 0.3 is 5.97 Å². The van der Waals surface area contributed by atoms with Crippen molar-refractivity contribution in [3.63, 3.8) is 0 Å². The van der Waals surface area contributed by atoms with Crippen molar-refractivity contribution in [3.05, 3.63) is 41.7 Å². The quantitative estimate of drug-likeness (QED) is 0.648. The van der Waals surface area contributed by atoms with Gasteiger partial charge in [0.25, 0.3) is 0 Å². The molecule has 5 heteroatoms. The summed E-state index contributed by atoms with van der Waals surface area (Å²) in [6.07, 6.45) is 3.23. The van der Waals surface area contributed by atoms with E-state index in [0.717, 1.165) is 0 Å². The zero-order chi connectivity index (χ0) is 13.0. The molecule has 18 heavy (non-hydrogen) atoms. The van der Waals surface area contributed by atoms with E-state index in [4.69, 9.17) is 4.74 Å². The number of ether oxygens (including phenoxy) is 1. The summed E-state index contributed by atoms with van der Waals surface area (Å²) in [5.41, 5.74) is 0.583. The molecule has 1 aromatic rings. The summed E-state index contributed by atoms with van der Waals surface area (Å²) in [6, 6.07) is 5.30. The van der Waals surface area contributed by atoms with Crippen LogP contribution in [0.4, 0.5) is 4.39 Å². The van der Waals surface area contributed by atoms with E-state index in [9.17, 15) is 14.0 Å². The number of hydrogen-bond acceptors (Lipinski definition) is 3. The number of amides is 1. The van der Waals surface area contributed by atoms with Gasteiger partial charge in [-0.1, -0.05) is 12.1 Å². The van der Waals surface area contributed by atoms with Crippen LogP contribution < -0.4 is 5.32 Å². The van der Waals surface area contributed by atoms with Crippen molar-refractivity contribution in [3.8, 4) is 0 Å². The van der Waals surface area contributed by atoms with Crippen molar-refractivity contribution in [2.45, 2.75) is 12.5 Å². The van der Waals surface area contributed by atoms with Crippen molar-refractivity contribution in [1.29, 1.82) is 0 Å². The first-order valence-electron chi connectivity index (χ1n) is 5.56. The zero-order valence-corrected chi connectivity index (χ0v) is 9.56. The molecular weight excluding hydrogens is 237 g/mol. The van der Waals surface area contributed by atoms with Crippen molar-refractivity contribution >= 4 is 18.0 Å². The maximum Gasteiger partial charge on any atom is 0.328 e. The molecule has 4 nitrogen and oxygen atoms in total. The number of halogens is 1. The average molecular weight is 249 g/mol. The Bertz CT molecular complexity index is 499. The van der Waals surface area contributed by atoms with Crippen LogP contribution in [0.5, 0.6) is 0 Å². The number of benzene rings is 1. The highest BCUT2D eigenvalue weighted by molar-refractivity contribution is 5.94. The predicted octanol–water partition coefficient (Wildman–Crippen LogP) is 1.27. The highest BCUT2D eigenvalue weighted by Crippen LogP contribution is 2.07. The largest absolute Gasteiger partial charge is 0.464 e. The number of cyclic esters (lactones) is 1. The molecule has 1 N–H and O–H groups in total. The number of nitrogens with one attached hydrogen (secondary N) is 1. The van der Waals surface area contributed by atoms with Gasteiger partial charge in [-0.2, -0.15) is 0 Å². The molecule has 0 unspecified atom stereocenters. The van der Waals surface area contributed by atoms with E-state index >= 15 is 0 Å². The SMILES string of the molecule is O=C(/C=C/c1cccc(F)c1)N[C@H]1CCOC1=O. The molecule has 1 fully saturated rings. The summed E-state index contributed by atoms with van der Waals surface area (Å²) in [5, 5.41) is 2.52. The molecule has 1 aliphatic rings. The van der Waals surface area contributed by atoms with Crippen LogP contribution in [-0.2, 0) is 14.3 Å². The van der Waals surface area contributed by atoms with Gasteiger partial charge in [0.2, 0.25) is 5.91 Å². The maximum absolute atomic E-state index is 12.9. The molecule has 1 heterocycles. The van der Waals surface area contributed by atoms with Gasteiger partial charge in [0.1, 0.15) is 11.9 Å². The first kappa shape index (κ1) is 12.3. The predicted molar refractivity (Wildman–Crippen MR) is 62.9 cm³/mol. The van der Waals surface area contributed by atoms with Crippen LogP contribution in [0.15, 0.2) is 30.3 Å². The molecule has 0 radical (unpaired) electrons. The van der Waals surface area contributed by atoms with E-state index in [-0.39, 0.29) is 5.82 Å². The highest BCUT2D eigenvalue weighted by atomic mass is 19.1. The minimum Gasteiger partial charge on any atom is -0.464 e. The smallest absolute Gasteiger partial charge is 0.328 e. The van der Waals surface area contributed by atoms with Gasteiger partial charge in [0.05, 0.1) is 6.61 Å². The van der Waals surface area contributed by atoms with Gasteiger partial charge in [0, 0.05) is 12.5 Å². The van der Waals surface area contributed by atoms with Gasteiger partial charge in [-0.05, 0) is 23.8 Å². The lowest BCUT2D eigenvalue weighted by molar-refractivity contribution is -0.140. The van der Waals surface area contributed by atoms with Crippen molar-refractivity contribution in [2.75, 3.05) is 6.61 Å². The van der Waals surface area contributed by atoms with Crippen LogP contribution in [0.1, 0.15) is 12.0 Å². The van der Waals surface area contributed by atoms with Crippen LogP contribution in [0.2, 0.25) is 0 Å². The monoisotopic (exact) mass is 249 g/mol. The molecule has 0 bridgehead atoms. The third-order valence-electron chi connectivity index (χ3n) is 2.53. The van der Waals surface area contributed by atoms with Gasteiger partial charge in [-0.15, -0.1) is 0 Å². The lowest BCUT2D eigenvalue weighted by atomic mass is 10.2. The van der Waals surface area contributed by atoms with Gasteiger partial charge < -0.3 is 10.1 Å². The average Bonchev–Trinajstić information content (AvgIpc) is 2.73. The van der Waals surface area contributed by atoms with Gasteiger partial charge in [-0.3, -0.25) is 4.79 Å². The van der Waals surface area contributed by atoms with E-state index in [1.54, 1.807) is 12.1 Å². The molecule has 0 aliphatic carbocycles. The Labute approximate surface area is 103 Å². The zero-order valence-electron chi connectivity index (χ0n) is 9.56. The molecule has 0 aromatic heterocycles. The summed E-state index contributed by atoms with van der Waals surface area (Å²) in [6.45, 7) is 0.331. The fourth-order valence-corrected chi connectivity index (χ4v) is 1.63. The topological polar surface area (TPSA) is 55.4 Å². The fraction of sp³-hybridized carbons (Fsp3) is 0.231. The Kier molecular flexibility index (Phi) is 3.72. The first-order chi connectivity index (χ1) is 8.65. The molecule has 0 spiro atoms. The van der Waals surface area contributed by atoms with Crippen LogP contribution in [0, 0.1) is 5.82 Å². The number of rotatable bonds is 3. The third-order valence-corrected chi connectivity index (χ3v) is 2.53. The number of esters is 1. The standard InChI is InChI=1S/C13H12FNO3/c14-10-3-1-2-9(8-10)4-5-12(16)15-11-6-7-18-13(11)17/h1-5,8,11H,6-7H2,(H,15,16)/b5-4+/t11-/m0/s1. The first-order valence-corrected chi connectivity index (χ1v) is 5.56. The molecule has 1 amide bonds. The van der Waals surface area contributed by atoms with E-state index in [0.29, 0.717) is 18.6 Å². The second kappa shape index (κ2) is 5.44. The number of carbonyl (C=O) groups is 2. The Morgan fingerprint density at radius 1 is 1.50 bits per heavy atom. The lowest BCUT2D eigenvalue weighted by Gasteiger charge is -2.05. The van der Waals surface area contributed by atoms with Crippen LogP contribution in [0.3, 0.4) is 0 Å². The van der Waals surface area contributed by atoms with Gasteiger partial charge in [-0.25, -0.2) is 9.18 Å². The van der Waals surface area contributed by atoms with Gasteiger partial charge in [0.15, 0.2) is 0 Å². The summed E-state index contributed by atoms with van der Waals surface area (Å²) in [5.74, 6) is -1.18. The fourth-order valence-electron chi connectivity index (χ4n) is 1.63. The summed E-state index contributed by atoms with van der Waals surface area (Å²) < 4.78 is 17.6. The maximum atomic E-state index is 12.9. The van der Waals surface area contributed by atoms with E-state index < -0.39 is 17.9 Å². The minimum absolute atomic E-state index is 0.331. The number of carbonyl (C=O) groups excluding carboxylic acids is 2. The molecular formula is C13H12FNO3. The Hall–Kier alpha value is -2.17. The molecule has 1 saturated heterocycles. The second-order valence-electron chi connectivity index (χ2n) is 3.91. The third kappa shape index (κ3) is 3.16. The van der Waals surface area contributed by atoms with E-state index in [1.807, 2.05) is 0 Å². The van der Waals surface area contributed by atoms with Crippen LogP contribution >= 0.6 is 0 Å².